The Hall–Kier alpha value is -1.06. The molecule has 2 atom stereocenters. The molecule has 0 bridgehead atoms. The van der Waals surface area contributed by atoms with Gasteiger partial charge in [-0.05, 0) is 55.7 Å². The van der Waals surface area contributed by atoms with Crippen molar-refractivity contribution in [1.82, 2.24) is 0 Å². The van der Waals surface area contributed by atoms with Crippen molar-refractivity contribution in [2.24, 2.45) is 5.92 Å². The lowest BCUT2D eigenvalue weighted by atomic mass is 9.75. The molecule has 3 heteroatoms. The van der Waals surface area contributed by atoms with Crippen LogP contribution in [0.2, 0.25) is 0 Å². The molecule has 2 unspecified atom stereocenters. The molecule has 0 saturated heterocycles. The zero-order valence-electron chi connectivity index (χ0n) is 15.4. The summed E-state index contributed by atoms with van der Waals surface area (Å²) in [7, 11) is 0. The number of hydrogen-bond donors (Lipinski definition) is 1. The fourth-order valence-electron chi connectivity index (χ4n) is 4.42. The zero-order chi connectivity index (χ0) is 16.8. The molecule has 1 aliphatic carbocycles. The van der Waals surface area contributed by atoms with E-state index in [4.69, 9.17) is 9.78 Å². The molecular formula is C21H33NO2. The molecule has 1 N–H and O–H groups in total. The molecule has 1 aromatic rings. The molecule has 3 nitrogen and oxygen atoms in total. The normalized spacial score (nSPS) is 23.9. The first-order chi connectivity index (χ1) is 11.8. The number of fused-ring (bicyclic) bond motifs is 1. The first kappa shape index (κ1) is 17.8. The lowest BCUT2D eigenvalue weighted by Gasteiger charge is -2.30. The van der Waals surface area contributed by atoms with Gasteiger partial charge in [0.25, 0.3) is 0 Å². The van der Waals surface area contributed by atoms with Crippen molar-refractivity contribution in [2.75, 3.05) is 18.5 Å². The molecule has 1 fully saturated rings. The van der Waals surface area contributed by atoms with E-state index in [0.717, 1.165) is 25.2 Å². The second-order valence-corrected chi connectivity index (χ2v) is 7.53. The van der Waals surface area contributed by atoms with E-state index in [0.29, 0.717) is 25.2 Å². The van der Waals surface area contributed by atoms with E-state index in [-0.39, 0.29) is 0 Å². The average molecular weight is 332 g/mol. The van der Waals surface area contributed by atoms with Gasteiger partial charge in [-0.15, -0.1) is 0 Å². The van der Waals surface area contributed by atoms with Gasteiger partial charge in [-0.25, -0.2) is 9.78 Å². The van der Waals surface area contributed by atoms with Gasteiger partial charge in [0.15, 0.2) is 0 Å². The molecule has 1 saturated carbocycles. The molecule has 134 valence electrons. The Kier molecular flexibility index (Phi) is 6.56. The van der Waals surface area contributed by atoms with Crippen molar-refractivity contribution in [3.05, 3.63) is 29.3 Å². The van der Waals surface area contributed by atoms with E-state index >= 15 is 0 Å². The van der Waals surface area contributed by atoms with Gasteiger partial charge in [0.05, 0.1) is 13.2 Å². The van der Waals surface area contributed by atoms with Crippen molar-refractivity contribution in [2.45, 2.75) is 77.2 Å². The second kappa shape index (κ2) is 8.87. The monoisotopic (exact) mass is 331 g/mol. The topological polar surface area (TPSA) is 30.5 Å². The van der Waals surface area contributed by atoms with Crippen LogP contribution < -0.4 is 5.32 Å². The predicted molar refractivity (Wildman–Crippen MR) is 99.4 cm³/mol. The Labute approximate surface area is 147 Å². The van der Waals surface area contributed by atoms with Gasteiger partial charge in [-0.3, -0.25) is 0 Å². The standard InChI is InChI=1S/C21H33NO2/c1-3-4-13-23-24-14-12-17-10-11-19-20(15-17)22-16(2)21(19)18-8-6-5-7-9-18/h10-11,15-16,18,21-22H,3-9,12-14H2,1-2H3. The van der Waals surface area contributed by atoms with Crippen LogP contribution in [0.25, 0.3) is 0 Å². The molecule has 0 aromatic heterocycles. The third kappa shape index (κ3) is 4.31. The molecule has 0 spiro atoms. The van der Waals surface area contributed by atoms with E-state index in [1.165, 1.54) is 43.4 Å². The van der Waals surface area contributed by atoms with Gasteiger partial charge in [0.2, 0.25) is 0 Å². The van der Waals surface area contributed by atoms with Gasteiger partial charge in [0, 0.05) is 17.6 Å². The molecule has 2 aliphatic rings. The van der Waals surface area contributed by atoms with E-state index in [1.54, 1.807) is 5.56 Å². The SMILES string of the molecule is CCCCOOCCc1ccc2c(c1)NC(C)C2C1CCCCC1. The minimum absolute atomic E-state index is 0.562. The maximum absolute atomic E-state index is 5.28. The van der Waals surface area contributed by atoms with Gasteiger partial charge in [-0.1, -0.05) is 44.7 Å². The molecule has 1 aromatic carbocycles. The summed E-state index contributed by atoms with van der Waals surface area (Å²) in [4.78, 5) is 10.5. The Morgan fingerprint density at radius 2 is 1.88 bits per heavy atom. The van der Waals surface area contributed by atoms with Crippen LogP contribution in [-0.4, -0.2) is 19.3 Å². The number of rotatable bonds is 8. The minimum atomic E-state index is 0.562. The van der Waals surface area contributed by atoms with Crippen LogP contribution in [0.3, 0.4) is 0 Å². The number of nitrogens with one attached hydrogen (secondary N) is 1. The third-order valence-electron chi connectivity index (χ3n) is 5.69. The molecule has 0 amide bonds. The fraction of sp³-hybridized carbons (Fsp3) is 0.714. The number of hydrogen-bond acceptors (Lipinski definition) is 3. The van der Waals surface area contributed by atoms with Crippen molar-refractivity contribution in [3.8, 4) is 0 Å². The van der Waals surface area contributed by atoms with Crippen LogP contribution in [-0.2, 0) is 16.2 Å². The summed E-state index contributed by atoms with van der Waals surface area (Å²) in [6.07, 6.45) is 10.2. The lowest BCUT2D eigenvalue weighted by Crippen LogP contribution is -2.25. The number of unbranched alkanes of at least 4 members (excludes halogenated alkanes) is 1. The smallest absolute Gasteiger partial charge is 0.0862 e. The highest BCUT2D eigenvalue weighted by molar-refractivity contribution is 5.61. The van der Waals surface area contributed by atoms with Crippen LogP contribution >= 0.6 is 0 Å². The molecular weight excluding hydrogens is 298 g/mol. The fourth-order valence-corrected chi connectivity index (χ4v) is 4.42. The van der Waals surface area contributed by atoms with Crippen molar-refractivity contribution in [3.63, 3.8) is 0 Å². The predicted octanol–water partition coefficient (Wildman–Crippen LogP) is 5.46. The van der Waals surface area contributed by atoms with E-state index in [2.05, 4.69) is 37.4 Å². The van der Waals surface area contributed by atoms with E-state index < -0.39 is 0 Å². The summed E-state index contributed by atoms with van der Waals surface area (Å²) in [5.41, 5.74) is 4.22. The van der Waals surface area contributed by atoms with E-state index in [1.807, 2.05) is 0 Å². The summed E-state index contributed by atoms with van der Waals surface area (Å²) in [5.74, 6) is 1.56. The van der Waals surface area contributed by atoms with E-state index in [9.17, 15) is 0 Å². The van der Waals surface area contributed by atoms with Crippen LogP contribution in [0.1, 0.15) is 75.8 Å². The first-order valence-electron chi connectivity index (χ1n) is 9.93. The van der Waals surface area contributed by atoms with Crippen LogP contribution in [0.4, 0.5) is 5.69 Å². The van der Waals surface area contributed by atoms with Crippen LogP contribution in [0.15, 0.2) is 18.2 Å². The highest BCUT2D eigenvalue weighted by Crippen LogP contribution is 2.45. The van der Waals surface area contributed by atoms with Gasteiger partial charge in [0.1, 0.15) is 0 Å². The second-order valence-electron chi connectivity index (χ2n) is 7.53. The maximum Gasteiger partial charge on any atom is 0.0862 e. The number of anilines is 1. The van der Waals surface area contributed by atoms with Gasteiger partial charge >= 0.3 is 0 Å². The molecule has 3 rings (SSSR count). The Morgan fingerprint density at radius 1 is 1.08 bits per heavy atom. The third-order valence-corrected chi connectivity index (χ3v) is 5.69. The number of benzene rings is 1. The summed E-state index contributed by atoms with van der Waals surface area (Å²) < 4.78 is 0. The zero-order valence-corrected chi connectivity index (χ0v) is 15.4. The summed E-state index contributed by atoms with van der Waals surface area (Å²) in [6, 6.07) is 7.53. The lowest BCUT2D eigenvalue weighted by molar-refractivity contribution is -0.294. The van der Waals surface area contributed by atoms with Gasteiger partial charge in [-0.2, -0.15) is 0 Å². The van der Waals surface area contributed by atoms with Gasteiger partial charge < -0.3 is 5.32 Å². The van der Waals surface area contributed by atoms with Crippen molar-refractivity contribution in [1.29, 1.82) is 0 Å². The van der Waals surface area contributed by atoms with Crippen LogP contribution in [0.5, 0.6) is 0 Å². The van der Waals surface area contributed by atoms with Crippen molar-refractivity contribution < 1.29 is 9.78 Å². The Morgan fingerprint density at radius 3 is 2.67 bits per heavy atom. The van der Waals surface area contributed by atoms with Crippen molar-refractivity contribution >= 4 is 5.69 Å². The molecule has 24 heavy (non-hydrogen) atoms. The summed E-state index contributed by atoms with van der Waals surface area (Å²) >= 11 is 0. The summed E-state index contributed by atoms with van der Waals surface area (Å²) in [5, 5.41) is 3.73. The largest absolute Gasteiger partial charge is 0.382 e. The molecule has 1 aliphatic heterocycles. The minimum Gasteiger partial charge on any atom is -0.382 e. The maximum atomic E-state index is 5.28. The Balaban J connectivity index is 1.55. The molecule has 1 heterocycles. The first-order valence-corrected chi connectivity index (χ1v) is 9.93. The highest BCUT2D eigenvalue weighted by atomic mass is 17.2. The Bertz CT molecular complexity index is 511. The average Bonchev–Trinajstić information content (AvgIpc) is 2.93. The molecule has 0 radical (unpaired) electrons. The summed E-state index contributed by atoms with van der Waals surface area (Å²) in [6.45, 7) is 5.83. The highest BCUT2D eigenvalue weighted by Gasteiger charge is 2.35. The quantitative estimate of drug-likeness (QED) is 0.390. The van der Waals surface area contributed by atoms with Crippen LogP contribution in [0, 0.1) is 5.92 Å².